The highest BCUT2D eigenvalue weighted by Crippen LogP contribution is 2.21. The first-order valence-electron chi connectivity index (χ1n) is 6.51. The zero-order valence-electron chi connectivity index (χ0n) is 11.0. The Kier molecular flexibility index (Phi) is 4.80. The molecule has 0 aliphatic carbocycles. The summed E-state index contributed by atoms with van der Waals surface area (Å²) in [5, 5.41) is 12.7. The molecular weight excluding hydrogens is 264 g/mol. The molecule has 1 fully saturated rings. The Balaban J connectivity index is 1.95. The van der Waals surface area contributed by atoms with E-state index in [1.807, 2.05) is 17.9 Å². The van der Waals surface area contributed by atoms with Gasteiger partial charge in [0.15, 0.2) is 0 Å². The van der Waals surface area contributed by atoms with E-state index in [0.717, 1.165) is 30.6 Å². The fourth-order valence-electron chi connectivity index (χ4n) is 2.41. The number of carbonyl (C=O) groups excluding carboxylic acids is 1. The molecule has 0 spiro atoms. The van der Waals surface area contributed by atoms with Crippen molar-refractivity contribution in [2.75, 3.05) is 25.0 Å². The van der Waals surface area contributed by atoms with Gasteiger partial charge < -0.3 is 10.4 Å². The van der Waals surface area contributed by atoms with Crippen molar-refractivity contribution in [3.63, 3.8) is 0 Å². The Morgan fingerprint density at radius 1 is 1.58 bits per heavy atom. The van der Waals surface area contributed by atoms with Crippen molar-refractivity contribution in [1.82, 2.24) is 4.90 Å². The SMILES string of the molecule is Cc1ccc(Cl)cc1NC(=O)CN1CCC[C@H]1CO. The number of hydrogen-bond acceptors (Lipinski definition) is 3. The molecule has 19 heavy (non-hydrogen) atoms. The van der Waals surface area contributed by atoms with Gasteiger partial charge in [-0.3, -0.25) is 9.69 Å². The monoisotopic (exact) mass is 282 g/mol. The number of aryl methyl sites for hydroxylation is 1. The quantitative estimate of drug-likeness (QED) is 0.889. The van der Waals surface area contributed by atoms with Crippen LogP contribution in [-0.2, 0) is 4.79 Å². The van der Waals surface area contributed by atoms with E-state index in [1.165, 1.54) is 0 Å². The zero-order chi connectivity index (χ0) is 13.8. The first kappa shape index (κ1) is 14.3. The number of nitrogens with one attached hydrogen (secondary N) is 1. The summed E-state index contributed by atoms with van der Waals surface area (Å²) < 4.78 is 0. The third-order valence-electron chi connectivity index (χ3n) is 3.53. The summed E-state index contributed by atoms with van der Waals surface area (Å²) in [4.78, 5) is 14.0. The first-order chi connectivity index (χ1) is 9.10. The lowest BCUT2D eigenvalue weighted by Crippen LogP contribution is -2.38. The number of aliphatic hydroxyl groups excluding tert-OH is 1. The molecule has 1 aromatic rings. The molecule has 2 rings (SSSR count). The fourth-order valence-corrected chi connectivity index (χ4v) is 2.59. The van der Waals surface area contributed by atoms with Crippen LogP contribution in [0.15, 0.2) is 18.2 Å². The molecule has 1 heterocycles. The maximum absolute atomic E-state index is 12.0. The van der Waals surface area contributed by atoms with Crippen molar-refractivity contribution in [3.05, 3.63) is 28.8 Å². The third-order valence-corrected chi connectivity index (χ3v) is 3.77. The standard InChI is InChI=1S/C14H19ClN2O2/c1-10-4-5-11(15)7-13(10)16-14(19)8-17-6-2-3-12(17)9-18/h4-5,7,12,18H,2-3,6,8-9H2,1H3,(H,16,19)/t12-/m0/s1. The number of carbonyl (C=O) groups is 1. The Bertz CT molecular complexity index is 465. The van der Waals surface area contributed by atoms with Gasteiger partial charge in [0.25, 0.3) is 0 Å². The van der Waals surface area contributed by atoms with E-state index in [-0.39, 0.29) is 18.6 Å². The fraction of sp³-hybridized carbons (Fsp3) is 0.500. The van der Waals surface area contributed by atoms with Crippen molar-refractivity contribution >= 4 is 23.2 Å². The topological polar surface area (TPSA) is 52.6 Å². The molecule has 1 aliphatic heterocycles. The Morgan fingerprint density at radius 2 is 2.37 bits per heavy atom. The summed E-state index contributed by atoms with van der Waals surface area (Å²) in [6.45, 7) is 3.23. The van der Waals surface area contributed by atoms with Gasteiger partial charge in [0, 0.05) is 16.8 Å². The van der Waals surface area contributed by atoms with E-state index < -0.39 is 0 Å². The van der Waals surface area contributed by atoms with Gasteiger partial charge in [0.2, 0.25) is 5.91 Å². The van der Waals surface area contributed by atoms with Crippen LogP contribution < -0.4 is 5.32 Å². The number of hydrogen-bond donors (Lipinski definition) is 2. The largest absolute Gasteiger partial charge is 0.395 e. The van der Waals surface area contributed by atoms with Crippen LogP contribution in [-0.4, -0.2) is 41.7 Å². The number of halogens is 1. The molecule has 0 radical (unpaired) electrons. The number of anilines is 1. The van der Waals surface area contributed by atoms with Crippen LogP contribution >= 0.6 is 11.6 Å². The van der Waals surface area contributed by atoms with E-state index in [0.29, 0.717) is 11.6 Å². The molecule has 5 heteroatoms. The van der Waals surface area contributed by atoms with Crippen LogP contribution in [0.1, 0.15) is 18.4 Å². The molecule has 4 nitrogen and oxygen atoms in total. The van der Waals surface area contributed by atoms with Crippen LogP contribution in [0.2, 0.25) is 5.02 Å². The highest BCUT2D eigenvalue weighted by molar-refractivity contribution is 6.31. The van der Waals surface area contributed by atoms with Crippen molar-refractivity contribution in [1.29, 1.82) is 0 Å². The molecule has 0 aromatic heterocycles. The van der Waals surface area contributed by atoms with Gasteiger partial charge in [0.1, 0.15) is 0 Å². The maximum Gasteiger partial charge on any atom is 0.238 e. The summed E-state index contributed by atoms with van der Waals surface area (Å²) in [5.74, 6) is -0.0642. The summed E-state index contributed by atoms with van der Waals surface area (Å²) in [6.07, 6.45) is 1.99. The lowest BCUT2D eigenvalue weighted by Gasteiger charge is -2.22. The van der Waals surface area contributed by atoms with Gasteiger partial charge in [0.05, 0.1) is 13.2 Å². The Hall–Kier alpha value is -1.10. The minimum Gasteiger partial charge on any atom is -0.395 e. The average Bonchev–Trinajstić information content (AvgIpc) is 2.81. The van der Waals surface area contributed by atoms with Crippen LogP contribution in [0.4, 0.5) is 5.69 Å². The summed E-state index contributed by atoms with van der Waals surface area (Å²) in [5.41, 5.74) is 1.73. The van der Waals surface area contributed by atoms with Gasteiger partial charge >= 0.3 is 0 Å². The highest BCUT2D eigenvalue weighted by atomic mass is 35.5. The smallest absolute Gasteiger partial charge is 0.238 e. The summed E-state index contributed by atoms with van der Waals surface area (Å²) in [6, 6.07) is 5.55. The summed E-state index contributed by atoms with van der Waals surface area (Å²) >= 11 is 5.92. The van der Waals surface area contributed by atoms with Crippen molar-refractivity contribution in [2.24, 2.45) is 0 Å². The minimum atomic E-state index is -0.0642. The van der Waals surface area contributed by atoms with E-state index in [1.54, 1.807) is 12.1 Å². The molecule has 2 N–H and O–H groups in total. The molecule has 1 saturated heterocycles. The molecular formula is C14H19ClN2O2. The summed E-state index contributed by atoms with van der Waals surface area (Å²) in [7, 11) is 0. The predicted octanol–water partition coefficient (Wildman–Crippen LogP) is 2.04. The number of likely N-dealkylation sites (tertiary alicyclic amines) is 1. The molecule has 0 unspecified atom stereocenters. The number of aliphatic hydroxyl groups is 1. The highest BCUT2D eigenvalue weighted by Gasteiger charge is 2.25. The van der Waals surface area contributed by atoms with Crippen LogP contribution in [0.25, 0.3) is 0 Å². The van der Waals surface area contributed by atoms with Crippen LogP contribution in [0.3, 0.4) is 0 Å². The van der Waals surface area contributed by atoms with Crippen LogP contribution in [0, 0.1) is 6.92 Å². The Labute approximate surface area is 118 Å². The third kappa shape index (κ3) is 3.69. The first-order valence-corrected chi connectivity index (χ1v) is 6.89. The maximum atomic E-state index is 12.0. The number of nitrogens with zero attached hydrogens (tertiary/aromatic N) is 1. The molecule has 1 atom stereocenters. The van der Waals surface area contributed by atoms with Gasteiger partial charge in [-0.15, -0.1) is 0 Å². The van der Waals surface area contributed by atoms with E-state index in [2.05, 4.69) is 5.32 Å². The van der Waals surface area contributed by atoms with Crippen molar-refractivity contribution in [3.8, 4) is 0 Å². The normalized spacial score (nSPS) is 19.6. The molecule has 1 aliphatic rings. The number of amides is 1. The number of rotatable bonds is 4. The zero-order valence-corrected chi connectivity index (χ0v) is 11.8. The van der Waals surface area contributed by atoms with Crippen LogP contribution in [0.5, 0.6) is 0 Å². The molecule has 104 valence electrons. The van der Waals surface area contributed by atoms with Gasteiger partial charge in [-0.1, -0.05) is 17.7 Å². The van der Waals surface area contributed by atoms with Gasteiger partial charge in [-0.25, -0.2) is 0 Å². The predicted molar refractivity (Wildman–Crippen MR) is 76.5 cm³/mol. The second-order valence-corrected chi connectivity index (χ2v) is 5.39. The van der Waals surface area contributed by atoms with Crippen molar-refractivity contribution in [2.45, 2.75) is 25.8 Å². The minimum absolute atomic E-state index is 0.0642. The second kappa shape index (κ2) is 6.37. The van der Waals surface area contributed by atoms with E-state index in [9.17, 15) is 9.90 Å². The Morgan fingerprint density at radius 3 is 3.11 bits per heavy atom. The lowest BCUT2D eigenvalue weighted by molar-refractivity contribution is -0.117. The lowest BCUT2D eigenvalue weighted by atomic mass is 10.2. The van der Waals surface area contributed by atoms with E-state index >= 15 is 0 Å². The molecule has 0 saturated carbocycles. The molecule has 1 amide bonds. The van der Waals surface area contributed by atoms with Gasteiger partial charge in [-0.05, 0) is 44.0 Å². The second-order valence-electron chi connectivity index (χ2n) is 4.96. The average molecular weight is 283 g/mol. The van der Waals surface area contributed by atoms with E-state index in [4.69, 9.17) is 11.6 Å². The molecule has 1 aromatic carbocycles. The van der Waals surface area contributed by atoms with Gasteiger partial charge in [-0.2, -0.15) is 0 Å². The molecule has 0 bridgehead atoms. The van der Waals surface area contributed by atoms with Crippen molar-refractivity contribution < 1.29 is 9.90 Å². The number of benzene rings is 1.